The van der Waals surface area contributed by atoms with Gasteiger partial charge < -0.3 is 5.32 Å². The van der Waals surface area contributed by atoms with Crippen LogP contribution in [0.5, 0.6) is 0 Å². The predicted octanol–water partition coefficient (Wildman–Crippen LogP) is 3.68. The summed E-state index contributed by atoms with van der Waals surface area (Å²) < 4.78 is 1.73. The molecule has 7 nitrogen and oxygen atoms in total. The third-order valence-electron chi connectivity index (χ3n) is 3.80. The maximum absolute atomic E-state index is 12.7. The zero-order valence-electron chi connectivity index (χ0n) is 16.7. The molecule has 0 radical (unpaired) electrons. The lowest BCUT2D eigenvalue weighted by atomic mass is 9.95. The largest absolute Gasteiger partial charge is 0.326 e. The molecule has 0 aliphatic heterocycles. The molecule has 0 saturated heterocycles. The molecular weight excluding hydrogens is 362 g/mol. The first-order chi connectivity index (χ1) is 12.6. The van der Waals surface area contributed by atoms with E-state index in [1.807, 2.05) is 27.7 Å². The second kappa shape index (κ2) is 8.65. The molecule has 1 aromatic heterocycles. The van der Waals surface area contributed by atoms with Crippen LogP contribution in [0.2, 0.25) is 0 Å². The van der Waals surface area contributed by atoms with Crippen molar-refractivity contribution >= 4 is 29.1 Å². The fraction of sp³-hybridized carbons (Fsp3) is 0.526. The van der Waals surface area contributed by atoms with Gasteiger partial charge in [-0.3, -0.25) is 9.59 Å². The standard InChI is InChI=1S/C19H27N5O2S/c1-12(2)11-24-18(21-22-23-24)27-13(3)16(25)14-7-9-15(10-8-14)20-17(26)19(4,5)6/h7-10,12-13H,11H2,1-6H3,(H,20,26). The van der Waals surface area contributed by atoms with E-state index in [9.17, 15) is 9.59 Å². The minimum atomic E-state index is -0.473. The molecule has 1 atom stereocenters. The first-order valence-electron chi connectivity index (χ1n) is 8.96. The van der Waals surface area contributed by atoms with E-state index in [0.717, 1.165) is 0 Å². The summed E-state index contributed by atoms with van der Waals surface area (Å²) >= 11 is 1.35. The minimum Gasteiger partial charge on any atom is -0.326 e. The SMILES string of the molecule is CC(C)Cn1nnnc1SC(C)C(=O)c1ccc(NC(=O)C(C)(C)C)cc1. The lowest BCUT2D eigenvalue weighted by Gasteiger charge is -2.17. The lowest BCUT2D eigenvalue weighted by Crippen LogP contribution is -2.27. The van der Waals surface area contributed by atoms with Crippen molar-refractivity contribution in [2.45, 2.75) is 58.5 Å². The van der Waals surface area contributed by atoms with E-state index in [1.54, 1.807) is 28.9 Å². The molecule has 0 aliphatic carbocycles. The van der Waals surface area contributed by atoms with Crippen LogP contribution in [0.15, 0.2) is 29.4 Å². The number of benzene rings is 1. The van der Waals surface area contributed by atoms with E-state index < -0.39 is 5.41 Å². The quantitative estimate of drug-likeness (QED) is 0.574. The second-order valence-corrected chi connectivity index (χ2v) is 9.25. The highest BCUT2D eigenvalue weighted by molar-refractivity contribution is 8.00. The summed E-state index contributed by atoms with van der Waals surface area (Å²) in [5, 5.41) is 14.9. The number of carbonyl (C=O) groups is 2. The molecule has 1 N–H and O–H groups in total. The zero-order valence-corrected chi connectivity index (χ0v) is 17.5. The minimum absolute atomic E-state index is 0.00667. The van der Waals surface area contributed by atoms with Crippen LogP contribution in [0.4, 0.5) is 5.69 Å². The van der Waals surface area contributed by atoms with Crippen LogP contribution in [0.25, 0.3) is 0 Å². The van der Waals surface area contributed by atoms with Gasteiger partial charge in [-0.2, -0.15) is 0 Å². The number of carbonyl (C=O) groups excluding carboxylic acids is 2. The van der Waals surface area contributed by atoms with Gasteiger partial charge in [0.05, 0.1) is 5.25 Å². The number of amides is 1. The Morgan fingerprint density at radius 3 is 2.33 bits per heavy atom. The number of anilines is 1. The number of ketones is 1. The summed E-state index contributed by atoms with van der Waals surface area (Å²) in [6, 6.07) is 6.96. The van der Waals surface area contributed by atoms with E-state index in [1.165, 1.54) is 11.8 Å². The van der Waals surface area contributed by atoms with E-state index in [0.29, 0.717) is 28.9 Å². The van der Waals surface area contributed by atoms with Crippen LogP contribution in [0.3, 0.4) is 0 Å². The second-order valence-electron chi connectivity index (χ2n) is 7.94. The van der Waals surface area contributed by atoms with Crippen LogP contribution < -0.4 is 5.32 Å². The Labute approximate surface area is 164 Å². The number of nitrogens with zero attached hydrogens (tertiary/aromatic N) is 4. The van der Waals surface area contributed by atoms with Crippen LogP contribution in [0, 0.1) is 11.3 Å². The van der Waals surface area contributed by atoms with Crippen molar-refractivity contribution in [2.24, 2.45) is 11.3 Å². The average Bonchev–Trinajstić information content (AvgIpc) is 3.00. The van der Waals surface area contributed by atoms with Gasteiger partial charge in [0.25, 0.3) is 0 Å². The normalized spacial score (nSPS) is 12.9. The number of hydrogen-bond donors (Lipinski definition) is 1. The van der Waals surface area contributed by atoms with Crippen molar-refractivity contribution in [2.75, 3.05) is 5.32 Å². The van der Waals surface area contributed by atoms with Gasteiger partial charge in [-0.15, -0.1) is 5.10 Å². The lowest BCUT2D eigenvalue weighted by molar-refractivity contribution is -0.123. The molecule has 0 bridgehead atoms. The molecule has 146 valence electrons. The molecule has 0 aliphatic rings. The fourth-order valence-corrected chi connectivity index (χ4v) is 3.10. The Hall–Kier alpha value is -2.22. The highest BCUT2D eigenvalue weighted by atomic mass is 32.2. The van der Waals surface area contributed by atoms with Crippen LogP contribution in [0.1, 0.15) is 51.9 Å². The molecule has 1 heterocycles. The highest BCUT2D eigenvalue weighted by Gasteiger charge is 2.22. The molecule has 1 aromatic carbocycles. The summed E-state index contributed by atoms with van der Waals surface area (Å²) in [7, 11) is 0. The number of thioether (sulfide) groups is 1. The molecule has 0 spiro atoms. The van der Waals surface area contributed by atoms with E-state index in [-0.39, 0.29) is 16.9 Å². The molecule has 8 heteroatoms. The van der Waals surface area contributed by atoms with Crippen molar-refractivity contribution in [3.05, 3.63) is 29.8 Å². The number of nitrogens with one attached hydrogen (secondary N) is 1. The molecule has 2 rings (SSSR count). The van der Waals surface area contributed by atoms with E-state index in [4.69, 9.17) is 0 Å². The van der Waals surface area contributed by atoms with Gasteiger partial charge in [-0.05, 0) is 47.5 Å². The van der Waals surface area contributed by atoms with Crippen LogP contribution >= 0.6 is 11.8 Å². The topological polar surface area (TPSA) is 89.8 Å². The Morgan fingerprint density at radius 2 is 1.78 bits per heavy atom. The van der Waals surface area contributed by atoms with Crippen molar-refractivity contribution in [1.82, 2.24) is 20.2 Å². The third-order valence-corrected chi connectivity index (χ3v) is 4.87. The maximum Gasteiger partial charge on any atom is 0.229 e. The first-order valence-corrected chi connectivity index (χ1v) is 9.84. The first kappa shape index (κ1) is 21.1. The maximum atomic E-state index is 12.7. The van der Waals surface area contributed by atoms with Crippen LogP contribution in [-0.2, 0) is 11.3 Å². The summed E-state index contributed by atoms with van der Waals surface area (Å²) in [6.07, 6.45) is 0. The Kier molecular flexibility index (Phi) is 6.75. The predicted molar refractivity (Wildman–Crippen MR) is 107 cm³/mol. The molecule has 1 amide bonds. The van der Waals surface area contributed by atoms with Gasteiger partial charge in [0.15, 0.2) is 5.78 Å². The van der Waals surface area contributed by atoms with Crippen molar-refractivity contribution in [1.29, 1.82) is 0 Å². The van der Waals surface area contributed by atoms with Gasteiger partial charge >= 0.3 is 0 Å². The number of tetrazole rings is 1. The number of Topliss-reactive ketones (excluding diaryl/α,β-unsaturated/α-hetero) is 1. The Balaban J connectivity index is 2.03. The molecule has 1 unspecified atom stereocenters. The summed E-state index contributed by atoms with van der Waals surface area (Å²) in [4.78, 5) is 24.8. The van der Waals surface area contributed by atoms with Crippen molar-refractivity contribution < 1.29 is 9.59 Å². The molecule has 0 saturated carbocycles. The van der Waals surface area contributed by atoms with Crippen LogP contribution in [-0.4, -0.2) is 37.1 Å². The van der Waals surface area contributed by atoms with Crippen molar-refractivity contribution in [3.8, 4) is 0 Å². The van der Waals surface area contributed by atoms with Crippen molar-refractivity contribution in [3.63, 3.8) is 0 Å². The fourth-order valence-electron chi connectivity index (χ4n) is 2.22. The van der Waals surface area contributed by atoms with Gasteiger partial charge in [-0.25, -0.2) is 4.68 Å². The molecule has 2 aromatic rings. The molecule has 0 fully saturated rings. The smallest absolute Gasteiger partial charge is 0.229 e. The third kappa shape index (κ3) is 5.89. The molecular formula is C19H27N5O2S. The summed E-state index contributed by atoms with van der Waals surface area (Å²) in [6.45, 7) is 12.3. The Bertz CT molecular complexity index is 793. The average molecular weight is 390 g/mol. The number of rotatable bonds is 7. The van der Waals surface area contributed by atoms with E-state index in [2.05, 4.69) is 34.7 Å². The molecule has 27 heavy (non-hydrogen) atoms. The van der Waals surface area contributed by atoms with Gasteiger partial charge in [-0.1, -0.05) is 46.4 Å². The summed E-state index contributed by atoms with van der Waals surface area (Å²) in [5.41, 5.74) is 0.791. The van der Waals surface area contributed by atoms with E-state index >= 15 is 0 Å². The van der Waals surface area contributed by atoms with Gasteiger partial charge in [0.2, 0.25) is 11.1 Å². The van der Waals surface area contributed by atoms with Gasteiger partial charge in [0.1, 0.15) is 0 Å². The highest BCUT2D eigenvalue weighted by Crippen LogP contribution is 2.25. The monoisotopic (exact) mass is 389 g/mol. The summed E-state index contributed by atoms with van der Waals surface area (Å²) in [5.74, 6) is 0.338. The number of aromatic nitrogens is 4. The zero-order chi connectivity index (χ0) is 20.2. The number of hydrogen-bond acceptors (Lipinski definition) is 6. The Morgan fingerprint density at radius 1 is 1.15 bits per heavy atom. The van der Waals surface area contributed by atoms with Gasteiger partial charge in [0, 0.05) is 23.2 Å².